The number of amides is 1. The normalized spacial score (nSPS) is 10.0. The smallest absolute Gasteiger partial charge is 0.404 e. The molecule has 0 saturated heterocycles. The number of nitrogens with zero attached hydrogens (tertiary/aromatic N) is 2. The van der Waals surface area contributed by atoms with Gasteiger partial charge in [0.15, 0.2) is 0 Å². The van der Waals surface area contributed by atoms with E-state index in [1.165, 1.54) is 0 Å². The van der Waals surface area contributed by atoms with E-state index < -0.39 is 6.09 Å². The van der Waals surface area contributed by atoms with E-state index in [4.69, 9.17) is 5.73 Å². The Bertz CT molecular complexity index is 462. The first-order valence-corrected chi connectivity index (χ1v) is 4.75. The van der Waals surface area contributed by atoms with Crippen LogP contribution in [-0.4, -0.2) is 15.6 Å². The predicted octanol–water partition coefficient (Wildman–Crippen LogP) is 1.47. The molecule has 1 aromatic heterocycles. The fourth-order valence-electron chi connectivity index (χ4n) is 1.33. The van der Waals surface area contributed by atoms with Crippen LogP contribution in [0.25, 0.3) is 5.69 Å². The summed E-state index contributed by atoms with van der Waals surface area (Å²) >= 11 is 0. The summed E-state index contributed by atoms with van der Waals surface area (Å²) in [6.07, 6.45) is 4.52. The number of rotatable bonds is 3. The molecule has 0 aliphatic carbocycles. The van der Waals surface area contributed by atoms with Crippen molar-refractivity contribution in [3.63, 3.8) is 0 Å². The first-order chi connectivity index (χ1) is 7.75. The summed E-state index contributed by atoms with van der Waals surface area (Å²) in [4.78, 5) is 14.4. The molecule has 82 valence electrons. The summed E-state index contributed by atoms with van der Waals surface area (Å²) in [6, 6.07) is 7.58. The number of imidazole rings is 1. The van der Waals surface area contributed by atoms with Crippen molar-refractivity contribution in [3.05, 3.63) is 48.5 Å². The van der Waals surface area contributed by atoms with Gasteiger partial charge in [0.1, 0.15) is 6.61 Å². The Morgan fingerprint density at radius 1 is 1.38 bits per heavy atom. The Kier molecular flexibility index (Phi) is 2.86. The third-order valence-electron chi connectivity index (χ3n) is 2.12. The number of carbonyl (C=O) groups is 1. The average molecular weight is 217 g/mol. The number of aromatic nitrogens is 2. The Morgan fingerprint density at radius 3 is 2.69 bits per heavy atom. The van der Waals surface area contributed by atoms with E-state index in [2.05, 4.69) is 9.72 Å². The Hall–Kier alpha value is -2.30. The minimum absolute atomic E-state index is 0.194. The maximum absolute atomic E-state index is 10.4. The quantitative estimate of drug-likeness (QED) is 0.846. The summed E-state index contributed by atoms with van der Waals surface area (Å²) in [5, 5.41) is 0. The first-order valence-electron chi connectivity index (χ1n) is 4.75. The molecule has 5 nitrogen and oxygen atoms in total. The molecular weight excluding hydrogens is 206 g/mol. The zero-order valence-electron chi connectivity index (χ0n) is 8.54. The molecule has 0 unspecified atom stereocenters. The largest absolute Gasteiger partial charge is 0.445 e. The number of nitrogens with two attached hydrogens (primary N) is 1. The van der Waals surface area contributed by atoms with Crippen LogP contribution in [0.5, 0.6) is 0 Å². The van der Waals surface area contributed by atoms with Crippen molar-refractivity contribution in [2.75, 3.05) is 0 Å². The third kappa shape index (κ3) is 2.38. The molecule has 2 rings (SSSR count). The number of carbonyl (C=O) groups excluding carboxylic acids is 1. The van der Waals surface area contributed by atoms with Crippen LogP contribution in [0, 0.1) is 0 Å². The third-order valence-corrected chi connectivity index (χ3v) is 2.12. The van der Waals surface area contributed by atoms with Gasteiger partial charge in [-0.25, -0.2) is 9.78 Å². The molecule has 1 heterocycles. The van der Waals surface area contributed by atoms with E-state index in [9.17, 15) is 4.79 Å². The fraction of sp³-hybridized carbons (Fsp3) is 0.0909. The number of ether oxygens (including phenoxy) is 1. The molecule has 0 spiro atoms. The lowest BCUT2D eigenvalue weighted by molar-refractivity contribution is 0.150. The summed E-state index contributed by atoms with van der Waals surface area (Å²) in [5.74, 6) is 0. The highest BCUT2D eigenvalue weighted by Gasteiger charge is 1.98. The zero-order valence-corrected chi connectivity index (χ0v) is 8.54. The highest BCUT2D eigenvalue weighted by molar-refractivity contribution is 5.64. The molecule has 0 bridgehead atoms. The lowest BCUT2D eigenvalue weighted by atomic mass is 10.2. The summed E-state index contributed by atoms with van der Waals surface area (Å²) < 4.78 is 6.57. The van der Waals surface area contributed by atoms with Crippen LogP contribution in [0.1, 0.15) is 5.56 Å². The molecule has 2 N–H and O–H groups in total. The Balaban J connectivity index is 2.08. The minimum Gasteiger partial charge on any atom is -0.445 e. The van der Waals surface area contributed by atoms with Gasteiger partial charge in [0.25, 0.3) is 0 Å². The molecule has 0 saturated carbocycles. The molecule has 0 fully saturated rings. The molecular formula is C11H11N3O2. The van der Waals surface area contributed by atoms with Gasteiger partial charge in [-0.2, -0.15) is 0 Å². The lowest BCUT2D eigenvalue weighted by Crippen LogP contribution is -2.12. The number of hydrogen-bond acceptors (Lipinski definition) is 3. The van der Waals surface area contributed by atoms with Crippen LogP contribution in [-0.2, 0) is 11.3 Å². The highest BCUT2D eigenvalue weighted by atomic mass is 16.5. The van der Waals surface area contributed by atoms with Gasteiger partial charge in [0.05, 0.1) is 6.33 Å². The van der Waals surface area contributed by atoms with Crippen molar-refractivity contribution in [1.29, 1.82) is 0 Å². The fourth-order valence-corrected chi connectivity index (χ4v) is 1.33. The Morgan fingerprint density at radius 2 is 2.12 bits per heavy atom. The maximum Gasteiger partial charge on any atom is 0.404 e. The van der Waals surface area contributed by atoms with Gasteiger partial charge in [-0.1, -0.05) is 12.1 Å². The molecule has 5 heteroatoms. The van der Waals surface area contributed by atoms with E-state index in [1.807, 2.05) is 35.0 Å². The molecule has 0 aliphatic heterocycles. The highest BCUT2D eigenvalue weighted by Crippen LogP contribution is 2.09. The minimum atomic E-state index is -0.765. The molecule has 0 radical (unpaired) electrons. The van der Waals surface area contributed by atoms with Crippen molar-refractivity contribution >= 4 is 6.09 Å². The molecule has 16 heavy (non-hydrogen) atoms. The van der Waals surface area contributed by atoms with Crippen molar-refractivity contribution in [2.45, 2.75) is 6.61 Å². The molecule has 1 amide bonds. The van der Waals surface area contributed by atoms with Gasteiger partial charge in [-0.05, 0) is 17.7 Å². The summed E-state index contributed by atoms with van der Waals surface area (Å²) in [7, 11) is 0. The van der Waals surface area contributed by atoms with Gasteiger partial charge in [-0.3, -0.25) is 0 Å². The van der Waals surface area contributed by atoms with Crippen LogP contribution in [0.4, 0.5) is 4.79 Å². The van der Waals surface area contributed by atoms with Crippen molar-refractivity contribution in [3.8, 4) is 5.69 Å². The molecule has 0 atom stereocenters. The molecule has 0 aliphatic rings. The van der Waals surface area contributed by atoms with Crippen molar-refractivity contribution in [2.24, 2.45) is 5.73 Å². The van der Waals surface area contributed by atoms with Crippen LogP contribution >= 0.6 is 0 Å². The topological polar surface area (TPSA) is 70.1 Å². The van der Waals surface area contributed by atoms with Crippen LogP contribution in [0.3, 0.4) is 0 Å². The maximum atomic E-state index is 10.4. The van der Waals surface area contributed by atoms with Crippen LogP contribution < -0.4 is 5.73 Å². The van der Waals surface area contributed by atoms with Gasteiger partial charge in [-0.15, -0.1) is 0 Å². The average Bonchev–Trinajstić information content (AvgIpc) is 2.80. The summed E-state index contributed by atoms with van der Waals surface area (Å²) in [6.45, 7) is 0.194. The monoisotopic (exact) mass is 217 g/mol. The second kappa shape index (κ2) is 4.48. The zero-order chi connectivity index (χ0) is 11.4. The Labute approximate surface area is 92.5 Å². The van der Waals surface area contributed by atoms with Gasteiger partial charge in [0.2, 0.25) is 0 Å². The van der Waals surface area contributed by atoms with E-state index in [0.717, 1.165) is 11.3 Å². The van der Waals surface area contributed by atoms with E-state index in [-0.39, 0.29) is 6.61 Å². The van der Waals surface area contributed by atoms with Crippen LogP contribution in [0.2, 0.25) is 0 Å². The second-order valence-corrected chi connectivity index (χ2v) is 3.24. The first kappa shape index (κ1) is 10.2. The number of benzene rings is 1. The SMILES string of the molecule is NC(=O)OCc1ccc(-n2ccnc2)cc1. The van der Waals surface area contributed by atoms with Crippen molar-refractivity contribution in [1.82, 2.24) is 9.55 Å². The number of hydrogen-bond donors (Lipinski definition) is 1. The standard InChI is InChI=1S/C11H11N3O2/c12-11(15)16-7-9-1-3-10(4-2-9)14-6-5-13-8-14/h1-6,8H,7H2,(H2,12,15). The molecule has 1 aromatic carbocycles. The van der Waals surface area contributed by atoms with E-state index >= 15 is 0 Å². The lowest BCUT2D eigenvalue weighted by Gasteiger charge is -2.04. The van der Waals surface area contributed by atoms with E-state index in [0.29, 0.717) is 0 Å². The van der Waals surface area contributed by atoms with Gasteiger partial charge >= 0.3 is 6.09 Å². The number of primary amides is 1. The summed E-state index contributed by atoms with van der Waals surface area (Å²) in [5.41, 5.74) is 6.77. The van der Waals surface area contributed by atoms with Gasteiger partial charge in [0, 0.05) is 18.1 Å². The second-order valence-electron chi connectivity index (χ2n) is 3.24. The van der Waals surface area contributed by atoms with E-state index in [1.54, 1.807) is 12.5 Å². The molecule has 2 aromatic rings. The van der Waals surface area contributed by atoms with Gasteiger partial charge < -0.3 is 15.0 Å². The predicted molar refractivity (Wildman–Crippen MR) is 57.9 cm³/mol. The van der Waals surface area contributed by atoms with Crippen molar-refractivity contribution < 1.29 is 9.53 Å². The van der Waals surface area contributed by atoms with Crippen LogP contribution in [0.15, 0.2) is 43.0 Å².